The molecule has 0 aromatic carbocycles. The topological polar surface area (TPSA) is 39.1 Å². The molecule has 0 radical (unpaired) electrons. The van der Waals surface area contributed by atoms with Gasteiger partial charge in [0.05, 0.1) is 12.0 Å². The molecule has 16 heavy (non-hydrogen) atoms. The van der Waals surface area contributed by atoms with E-state index in [0.717, 1.165) is 13.0 Å². The van der Waals surface area contributed by atoms with Crippen molar-refractivity contribution >= 4 is 0 Å². The number of nitriles is 1. The van der Waals surface area contributed by atoms with Crippen molar-refractivity contribution in [1.29, 1.82) is 5.26 Å². The fourth-order valence-corrected chi connectivity index (χ4v) is 3.19. The molecule has 90 valence electrons. The molecule has 1 aliphatic heterocycles. The minimum absolute atomic E-state index is 0.261. The molecule has 3 unspecified atom stereocenters. The Morgan fingerprint density at radius 1 is 1.31 bits per heavy atom. The van der Waals surface area contributed by atoms with E-state index >= 15 is 0 Å². The lowest BCUT2D eigenvalue weighted by Crippen LogP contribution is -2.42. The van der Waals surface area contributed by atoms with Gasteiger partial charge in [0.25, 0.3) is 0 Å². The van der Waals surface area contributed by atoms with Crippen LogP contribution in [0.3, 0.4) is 0 Å². The van der Waals surface area contributed by atoms with Crippen LogP contribution in [0.1, 0.15) is 39.0 Å². The number of rotatable bonds is 4. The maximum Gasteiger partial charge on any atom is 0.0672 e. The smallest absolute Gasteiger partial charge is 0.0672 e. The zero-order chi connectivity index (χ0) is 11.4. The van der Waals surface area contributed by atoms with E-state index in [1.54, 1.807) is 0 Å². The molecule has 3 nitrogen and oxygen atoms in total. The maximum atomic E-state index is 9.03. The van der Waals surface area contributed by atoms with Gasteiger partial charge in [0, 0.05) is 18.6 Å². The first-order chi connectivity index (χ1) is 7.85. The Bertz CT molecular complexity index is 258. The quantitative estimate of drug-likeness (QED) is 0.786. The van der Waals surface area contributed by atoms with Gasteiger partial charge in [-0.3, -0.25) is 4.90 Å². The van der Waals surface area contributed by atoms with E-state index in [9.17, 15) is 0 Å². The third-order valence-corrected chi connectivity index (χ3v) is 4.20. The van der Waals surface area contributed by atoms with Gasteiger partial charge in [-0.05, 0) is 38.8 Å². The lowest BCUT2D eigenvalue weighted by atomic mass is 10.1. The van der Waals surface area contributed by atoms with Gasteiger partial charge in [0.1, 0.15) is 0 Å². The summed E-state index contributed by atoms with van der Waals surface area (Å²) in [5.41, 5.74) is 0. The fourth-order valence-electron chi connectivity index (χ4n) is 3.19. The second kappa shape index (κ2) is 5.65. The normalized spacial score (nSPS) is 35.4. The molecule has 1 heterocycles. The number of hydrogen-bond acceptors (Lipinski definition) is 3. The van der Waals surface area contributed by atoms with Gasteiger partial charge in [-0.1, -0.05) is 13.3 Å². The Morgan fingerprint density at radius 3 is 2.94 bits per heavy atom. The molecular formula is C13H23N3. The van der Waals surface area contributed by atoms with Crippen LogP contribution in [0.15, 0.2) is 0 Å². The Morgan fingerprint density at radius 2 is 2.19 bits per heavy atom. The molecule has 0 aromatic heterocycles. The van der Waals surface area contributed by atoms with Gasteiger partial charge < -0.3 is 5.32 Å². The predicted octanol–water partition coefficient (Wildman–Crippen LogP) is 1.75. The van der Waals surface area contributed by atoms with E-state index < -0.39 is 0 Å². The molecule has 2 aliphatic rings. The Hall–Kier alpha value is -0.590. The lowest BCUT2D eigenvalue weighted by Gasteiger charge is -2.25. The molecule has 1 saturated heterocycles. The van der Waals surface area contributed by atoms with Gasteiger partial charge in [-0.2, -0.15) is 5.26 Å². The highest BCUT2D eigenvalue weighted by molar-refractivity contribution is 4.97. The second-order valence-corrected chi connectivity index (χ2v) is 5.11. The van der Waals surface area contributed by atoms with Gasteiger partial charge in [-0.15, -0.1) is 0 Å². The Kier molecular flexibility index (Phi) is 4.20. The summed E-state index contributed by atoms with van der Waals surface area (Å²) in [6, 6.07) is 3.61. The van der Waals surface area contributed by atoms with Crippen molar-refractivity contribution in [3.63, 3.8) is 0 Å². The molecule has 1 N–H and O–H groups in total. The number of nitrogens with zero attached hydrogens (tertiary/aromatic N) is 2. The van der Waals surface area contributed by atoms with E-state index in [1.807, 2.05) is 0 Å². The van der Waals surface area contributed by atoms with Crippen LogP contribution in [0, 0.1) is 17.2 Å². The van der Waals surface area contributed by atoms with E-state index in [-0.39, 0.29) is 5.92 Å². The van der Waals surface area contributed by atoms with Gasteiger partial charge in [0.15, 0.2) is 0 Å². The predicted molar refractivity (Wildman–Crippen MR) is 65.0 cm³/mol. The van der Waals surface area contributed by atoms with Crippen molar-refractivity contribution in [2.45, 2.75) is 51.1 Å². The van der Waals surface area contributed by atoms with Crippen molar-refractivity contribution in [2.75, 3.05) is 19.6 Å². The largest absolute Gasteiger partial charge is 0.311 e. The number of nitrogens with one attached hydrogen (secondary N) is 1. The van der Waals surface area contributed by atoms with Crippen LogP contribution in [0.25, 0.3) is 0 Å². The second-order valence-electron chi connectivity index (χ2n) is 5.11. The summed E-state index contributed by atoms with van der Waals surface area (Å²) in [6.07, 6.45) is 6.17. The Balaban J connectivity index is 1.76. The fraction of sp³-hybridized carbons (Fsp3) is 0.923. The summed E-state index contributed by atoms with van der Waals surface area (Å²) in [5.74, 6) is 0.261. The minimum atomic E-state index is 0.261. The summed E-state index contributed by atoms with van der Waals surface area (Å²) < 4.78 is 0. The summed E-state index contributed by atoms with van der Waals surface area (Å²) in [6.45, 7) is 5.75. The molecular weight excluding hydrogens is 198 g/mol. The first-order valence-corrected chi connectivity index (χ1v) is 6.72. The lowest BCUT2D eigenvalue weighted by molar-refractivity contribution is 0.251. The van der Waals surface area contributed by atoms with E-state index in [4.69, 9.17) is 5.26 Å². The summed E-state index contributed by atoms with van der Waals surface area (Å²) in [4.78, 5) is 2.56. The molecule has 0 bridgehead atoms. The standard InChI is InChI=1S/C13H23N3/c1-2-16-8-4-6-12(16)10-15-13-7-3-5-11(13)9-14/h11-13,15H,2-8,10H2,1H3. The van der Waals surface area contributed by atoms with E-state index in [1.165, 1.54) is 38.8 Å². The van der Waals surface area contributed by atoms with Crippen molar-refractivity contribution in [1.82, 2.24) is 10.2 Å². The molecule has 0 amide bonds. The molecule has 2 fully saturated rings. The molecule has 0 aromatic rings. The highest BCUT2D eigenvalue weighted by Gasteiger charge is 2.29. The average molecular weight is 221 g/mol. The molecule has 0 spiro atoms. The van der Waals surface area contributed by atoms with Gasteiger partial charge >= 0.3 is 0 Å². The summed E-state index contributed by atoms with van der Waals surface area (Å²) >= 11 is 0. The van der Waals surface area contributed by atoms with Crippen LogP contribution in [0.5, 0.6) is 0 Å². The van der Waals surface area contributed by atoms with Gasteiger partial charge in [0.2, 0.25) is 0 Å². The molecule has 2 rings (SSSR count). The number of likely N-dealkylation sites (tertiary alicyclic amines) is 1. The summed E-state index contributed by atoms with van der Waals surface area (Å²) in [5, 5.41) is 12.7. The van der Waals surface area contributed by atoms with Crippen molar-refractivity contribution in [3.8, 4) is 6.07 Å². The molecule has 3 atom stereocenters. The molecule has 1 aliphatic carbocycles. The van der Waals surface area contributed by atoms with Crippen LogP contribution in [-0.2, 0) is 0 Å². The van der Waals surface area contributed by atoms with Crippen LogP contribution in [0.4, 0.5) is 0 Å². The first kappa shape index (κ1) is 11.9. The van der Waals surface area contributed by atoms with Crippen molar-refractivity contribution in [3.05, 3.63) is 0 Å². The van der Waals surface area contributed by atoms with Crippen LogP contribution >= 0.6 is 0 Å². The third kappa shape index (κ3) is 2.56. The maximum absolute atomic E-state index is 9.03. The zero-order valence-corrected chi connectivity index (χ0v) is 10.3. The SMILES string of the molecule is CCN1CCCC1CNC1CCCC1C#N. The van der Waals surface area contributed by atoms with Crippen molar-refractivity contribution < 1.29 is 0 Å². The third-order valence-electron chi connectivity index (χ3n) is 4.20. The highest BCUT2D eigenvalue weighted by Crippen LogP contribution is 2.25. The Labute approximate surface area is 98.8 Å². The number of hydrogen-bond donors (Lipinski definition) is 1. The zero-order valence-electron chi connectivity index (χ0n) is 10.3. The minimum Gasteiger partial charge on any atom is -0.311 e. The van der Waals surface area contributed by atoms with Crippen LogP contribution < -0.4 is 5.32 Å². The summed E-state index contributed by atoms with van der Waals surface area (Å²) in [7, 11) is 0. The monoisotopic (exact) mass is 221 g/mol. The average Bonchev–Trinajstić information content (AvgIpc) is 2.94. The molecule has 3 heteroatoms. The van der Waals surface area contributed by atoms with Crippen molar-refractivity contribution in [2.24, 2.45) is 5.92 Å². The highest BCUT2D eigenvalue weighted by atomic mass is 15.2. The molecule has 1 saturated carbocycles. The van der Waals surface area contributed by atoms with Gasteiger partial charge in [-0.25, -0.2) is 0 Å². The first-order valence-electron chi connectivity index (χ1n) is 6.72. The van der Waals surface area contributed by atoms with Crippen LogP contribution in [0.2, 0.25) is 0 Å². The van der Waals surface area contributed by atoms with Crippen LogP contribution in [-0.4, -0.2) is 36.6 Å². The van der Waals surface area contributed by atoms with E-state index in [0.29, 0.717) is 12.1 Å². The number of likely N-dealkylation sites (N-methyl/N-ethyl adjacent to an activating group) is 1. The van der Waals surface area contributed by atoms with E-state index in [2.05, 4.69) is 23.2 Å².